The third-order valence-electron chi connectivity index (χ3n) is 4.01. The van der Waals surface area contributed by atoms with Crippen LogP contribution in [0.1, 0.15) is 11.1 Å². The van der Waals surface area contributed by atoms with Gasteiger partial charge in [-0.1, -0.05) is 41.6 Å². The van der Waals surface area contributed by atoms with Crippen molar-refractivity contribution in [2.45, 2.75) is 12.2 Å². The van der Waals surface area contributed by atoms with Crippen molar-refractivity contribution in [2.75, 3.05) is 13.1 Å². The first-order chi connectivity index (χ1) is 13.0. The highest BCUT2D eigenvalue weighted by atomic mass is 35.5. The molecule has 0 fully saturated rings. The molecule has 9 heteroatoms. The van der Waals surface area contributed by atoms with E-state index in [9.17, 15) is 19.3 Å². The molecule has 0 unspecified atom stereocenters. The topological polar surface area (TPSA) is 75.8 Å². The molecule has 2 aromatic rings. The average Bonchev–Trinajstić information content (AvgIpc) is 3.10. The van der Waals surface area contributed by atoms with Crippen molar-refractivity contribution in [3.63, 3.8) is 0 Å². The molecule has 0 N–H and O–H groups in total. The second-order valence-electron chi connectivity index (χ2n) is 5.80. The number of thioether (sulfide) groups is 1. The summed E-state index contributed by atoms with van der Waals surface area (Å²) in [7, 11) is 0. The number of carbonyl (C=O) groups excluding carboxylic acids is 1. The zero-order valence-corrected chi connectivity index (χ0v) is 15.7. The molecule has 27 heavy (non-hydrogen) atoms. The minimum Gasteiger partial charge on any atom is -0.289 e. The van der Waals surface area contributed by atoms with Gasteiger partial charge in [-0.25, -0.2) is 4.39 Å². The summed E-state index contributed by atoms with van der Waals surface area (Å²) in [6, 6.07) is 10.4. The smallest absolute Gasteiger partial charge is 0.269 e. The maximum atomic E-state index is 13.9. The van der Waals surface area contributed by atoms with Gasteiger partial charge in [-0.3, -0.25) is 24.8 Å². The molecule has 0 aromatic heterocycles. The number of hydrogen-bond acceptors (Lipinski definition) is 5. The number of carbonyl (C=O) groups is 1. The van der Waals surface area contributed by atoms with Crippen LogP contribution < -0.4 is 0 Å². The minimum absolute atomic E-state index is 0.0213. The maximum absolute atomic E-state index is 13.9. The van der Waals surface area contributed by atoms with E-state index < -0.39 is 10.7 Å². The van der Waals surface area contributed by atoms with Crippen molar-refractivity contribution < 1.29 is 14.1 Å². The van der Waals surface area contributed by atoms with E-state index in [-0.39, 0.29) is 23.8 Å². The first-order valence-corrected chi connectivity index (χ1v) is 9.46. The van der Waals surface area contributed by atoms with Gasteiger partial charge in [0, 0.05) is 35.0 Å². The number of rotatable bonds is 5. The van der Waals surface area contributed by atoms with Crippen LogP contribution in [0, 0.1) is 15.9 Å². The monoisotopic (exact) mass is 407 g/mol. The second kappa shape index (κ2) is 8.49. The fourth-order valence-electron chi connectivity index (χ4n) is 2.59. The van der Waals surface area contributed by atoms with E-state index in [0.29, 0.717) is 34.4 Å². The molecular formula is C18H15ClFN3O3S. The molecule has 0 bridgehead atoms. The number of nitro benzene ring substituents is 1. The molecule has 1 aliphatic rings. The van der Waals surface area contributed by atoms with Crippen LogP contribution in [0.5, 0.6) is 0 Å². The SMILES string of the molecule is O=C(Cc1ccc([N+](=O)[O-])cc1)N1CCN=C1SCc1c(F)cccc1Cl. The van der Waals surface area contributed by atoms with E-state index in [1.807, 2.05) is 0 Å². The Morgan fingerprint density at radius 1 is 1.30 bits per heavy atom. The first-order valence-electron chi connectivity index (χ1n) is 8.09. The quantitative estimate of drug-likeness (QED) is 0.553. The predicted octanol–water partition coefficient (Wildman–Crippen LogP) is 4.06. The molecular weight excluding hydrogens is 393 g/mol. The molecule has 1 aliphatic heterocycles. The van der Waals surface area contributed by atoms with Crippen LogP contribution in [0.3, 0.4) is 0 Å². The van der Waals surface area contributed by atoms with Crippen LogP contribution in [-0.4, -0.2) is 34.0 Å². The van der Waals surface area contributed by atoms with Crippen molar-refractivity contribution in [2.24, 2.45) is 4.99 Å². The number of non-ortho nitro benzene ring substituents is 1. The van der Waals surface area contributed by atoms with Crippen LogP contribution in [0.15, 0.2) is 47.5 Å². The number of benzene rings is 2. The van der Waals surface area contributed by atoms with Crippen LogP contribution in [0.2, 0.25) is 5.02 Å². The van der Waals surface area contributed by atoms with E-state index in [0.717, 1.165) is 0 Å². The average molecular weight is 408 g/mol. The molecule has 0 spiro atoms. The maximum Gasteiger partial charge on any atom is 0.269 e. The first kappa shape index (κ1) is 19.3. The van der Waals surface area contributed by atoms with Gasteiger partial charge in [0.15, 0.2) is 5.17 Å². The van der Waals surface area contributed by atoms with Crippen LogP contribution in [0.4, 0.5) is 10.1 Å². The largest absolute Gasteiger partial charge is 0.289 e. The summed E-state index contributed by atoms with van der Waals surface area (Å²) < 4.78 is 13.9. The lowest BCUT2D eigenvalue weighted by atomic mass is 10.1. The molecule has 1 heterocycles. The standard InChI is InChI=1S/C18H15ClFN3O3S/c19-15-2-1-3-16(20)14(15)11-27-18-21-8-9-22(18)17(24)10-12-4-6-13(7-5-12)23(25)26/h1-7H,8-11H2. The van der Waals surface area contributed by atoms with E-state index in [1.54, 1.807) is 29.2 Å². The van der Waals surface area contributed by atoms with Gasteiger partial charge in [0.05, 0.1) is 17.9 Å². The highest BCUT2D eigenvalue weighted by Crippen LogP contribution is 2.27. The Balaban J connectivity index is 1.63. The van der Waals surface area contributed by atoms with Crippen molar-refractivity contribution in [1.82, 2.24) is 4.90 Å². The summed E-state index contributed by atoms with van der Waals surface area (Å²) in [5, 5.41) is 11.6. The van der Waals surface area contributed by atoms with Gasteiger partial charge in [-0.05, 0) is 17.7 Å². The molecule has 1 amide bonds. The molecule has 0 atom stereocenters. The summed E-state index contributed by atoms with van der Waals surface area (Å²) in [4.78, 5) is 28.7. The second-order valence-corrected chi connectivity index (χ2v) is 7.15. The summed E-state index contributed by atoms with van der Waals surface area (Å²) in [6.45, 7) is 0.943. The molecule has 0 saturated carbocycles. The van der Waals surface area contributed by atoms with E-state index in [1.165, 1.54) is 30.0 Å². The van der Waals surface area contributed by atoms with E-state index >= 15 is 0 Å². The van der Waals surface area contributed by atoms with Crippen LogP contribution in [0.25, 0.3) is 0 Å². The zero-order valence-electron chi connectivity index (χ0n) is 14.1. The van der Waals surface area contributed by atoms with Gasteiger partial charge >= 0.3 is 0 Å². The Labute approximate surface area is 164 Å². The Bertz CT molecular complexity index is 885. The van der Waals surface area contributed by atoms with E-state index in [2.05, 4.69) is 4.99 Å². The van der Waals surface area contributed by atoms with Crippen LogP contribution in [-0.2, 0) is 17.0 Å². The summed E-state index contributed by atoms with van der Waals surface area (Å²) in [5.74, 6) is -0.282. The summed E-state index contributed by atoms with van der Waals surface area (Å²) >= 11 is 7.29. The normalized spacial score (nSPS) is 13.6. The molecule has 6 nitrogen and oxygen atoms in total. The molecule has 3 rings (SSSR count). The highest BCUT2D eigenvalue weighted by Gasteiger charge is 2.25. The van der Waals surface area contributed by atoms with Crippen molar-refractivity contribution >= 4 is 40.1 Å². The zero-order chi connectivity index (χ0) is 19.4. The number of aliphatic imine (C=N–C) groups is 1. The third-order valence-corrected chi connectivity index (χ3v) is 5.41. The lowest BCUT2D eigenvalue weighted by Crippen LogP contribution is -2.34. The van der Waals surface area contributed by atoms with Gasteiger partial charge < -0.3 is 0 Å². The fraction of sp³-hybridized carbons (Fsp3) is 0.222. The van der Waals surface area contributed by atoms with Crippen molar-refractivity contribution in [1.29, 1.82) is 0 Å². The lowest BCUT2D eigenvalue weighted by molar-refractivity contribution is -0.384. The number of amides is 1. The molecule has 0 radical (unpaired) electrons. The van der Waals surface area contributed by atoms with Gasteiger partial charge in [-0.15, -0.1) is 0 Å². The Morgan fingerprint density at radius 2 is 2.04 bits per heavy atom. The van der Waals surface area contributed by atoms with Gasteiger partial charge in [-0.2, -0.15) is 0 Å². The minimum atomic E-state index is -0.485. The summed E-state index contributed by atoms with van der Waals surface area (Å²) in [6.07, 6.45) is 0.109. The summed E-state index contributed by atoms with van der Waals surface area (Å²) in [5.41, 5.74) is 1.03. The van der Waals surface area contributed by atoms with Crippen LogP contribution >= 0.6 is 23.4 Å². The number of halogens is 2. The fourth-order valence-corrected chi connectivity index (χ4v) is 4.00. The predicted molar refractivity (Wildman–Crippen MR) is 104 cm³/mol. The van der Waals surface area contributed by atoms with Gasteiger partial charge in [0.2, 0.25) is 5.91 Å². The third kappa shape index (κ3) is 4.64. The number of nitrogens with zero attached hydrogens (tertiary/aromatic N) is 3. The lowest BCUT2D eigenvalue weighted by Gasteiger charge is -2.18. The van der Waals surface area contributed by atoms with Crippen molar-refractivity contribution in [3.05, 3.63) is 74.5 Å². The molecule has 140 valence electrons. The molecule has 0 aliphatic carbocycles. The number of hydrogen-bond donors (Lipinski definition) is 0. The van der Waals surface area contributed by atoms with E-state index in [4.69, 9.17) is 11.6 Å². The molecule has 0 saturated heterocycles. The highest BCUT2D eigenvalue weighted by molar-refractivity contribution is 8.13. The Hall–Kier alpha value is -2.45. The number of amidine groups is 1. The van der Waals surface area contributed by atoms with Gasteiger partial charge in [0.25, 0.3) is 5.69 Å². The van der Waals surface area contributed by atoms with Gasteiger partial charge in [0.1, 0.15) is 5.82 Å². The number of nitro groups is 1. The van der Waals surface area contributed by atoms with Crippen molar-refractivity contribution in [3.8, 4) is 0 Å². The molecule has 2 aromatic carbocycles. The Morgan fingerprint density at radius 3 is 2.70 bits per heavy atom. The Kier molecular flexibility index (Phi) is 6.08.